The van der Waals surface area contributed by atoms with Crippen LogP contribution in [0.4, 0.5) is 0 Å². The lowest BCUT2D eigenvalue weighted by atomic mass is 9.95. The second kappa shape index (κ2) is 7.66. The second-order valence-electron chi connectivity index (χ2n) is 6.56. The van der Waals surface area contributed by atoms with Crippen LogP contribution in [0.15, 0.2) is 27.2 Å². The zero-order valence-electron chi connectivity index (χ0n) is 15.9. The number of hydrogen-bond donors (Lipinski definition) is 4. The number of carboxylic acid groups (broad SMARTS) is 1. The first-order valence-electron chi connectivity index (χ1n) is 8.79. The number of rotatable bonds is 6. The smallest absolute Gasteiger partial charge is 0.358 e. The number of phenols is 2. The summed E-state index contributed by atoms with van der Waals surface area (Å²) in [5, 5.41) is 39.4. The first-order chi connectivity index (χ1) is 13.7. The molecule has 0 unspecified atom stereocenters. The van der Waals surface area contributed by atoms with Crippen molar-refractivity contribution < 1.29 is 34.0 Å². The molecule has 152 valence electrons. The van der Waals surface area contributed by atoms with Crippen LogP contribution in [0.2, 0.25) is 0 Å². The van der Waals surface area contributed by atoms with Gasteiger partial charge in [0, 0.05) is 18.7 Å². The molecule has 0 saturated heterocycles. The molecule has 2 aromatic heterocycles. The fourth-order valence-corrected chi connectivity index (χ4v) is 2.83. The van der Waals surface area contributed by atoms with Gasteiger partial charge in [-0.15, -0.1) is 0 Å². The van der Waals surface area contributed by atoms with E-state index >= 15 is 0 Å². The predicted molar refractivity (Wildman–Crippen MR) is 99.8 cm³/mol. The normalized spacial score (nSPS) is 11.0. The third-order valence-electron chi connectivity index (χ3n) is 4.23. The summed E-state index contributed by atoms with van der Waals surface area (Å²) in [7, 11) is 0. The lowest BCUT2D eigenvalue weighted by Crippen LogP contribution is -2.23. The number of aromatic hydroxyl groups is 2. The molecule has 1 amide bonds. The summed E-state index contributed by atoms with van der Waals surface area (Å²) in [5.74, 6) is -2.48. The quantitative estimate of drug-likeness (QED) is 0.487. The van der Waals surface area contributed by atoms with Gasteiger partial charge in [0.15, 0.2) is 22.9 Å². The summed E-state index contributed by atoms with van der Waals surface area (Å²) in [6, 6.07) is 3.79. The summed E-state index contributed by atoms with van der Waals surface area (Å²) in [6.45, 7) is 5.75. The SMILES string of the molecule is CCNC(=O)c1noc(-c2cc(C(C)C)c(O)cc2O)c1-c1cc(C(=O)O)no1. The lowest BCUT2D eigenvalue weighted by molar-refractivity contribution is 0.0685. The molecule has 0 atom stereocenters. The van der Waals surface area contributed by atoms with Gasteiger partial charge in [0.25, 0.3) is 5.91 Å². The number of carboxylic acids is 1. The van der Waals surface area contributed by atoms with Gasteiger partial charge in [-0.3, -0.25) is 4.79 Å². The Morgan fingerprint density at radius 3 is 2.41 bits per heavy atom. The van der Waals surface area contributed by atoms with E-state index in [1.54, 1.807) is 6.92 Å². The summed E-state index contributed by atoms with van der Waals surface area (Å²) in [4.78, 5) is 23.6. The van der Waals surface area contributed by atoms with Crippen LogP contribution in [-0.4, -0.2) is 44.1 Å². The number of amides is 1. The van der Waals surface area contributed by atoms with Crippen molar-refractivity contribution in [1.29, 1.82) is 0 Å². The molecular weight excluding hydrogens is 382 g/mol. The third kappa shape index (κ3) is 3.64. The first-order valence-corrected chi connectivity index (χ1v) is 8.79. The number of phenolic OH excluding ortho intramolecular Hbond substituents is 2. The molecule has 0 aliphatic carbocycles. The van der Waals surface area contributed by atoms with Gasteiger partial charge in [-0.05, 0) is 24.5 Å². The molecule has 3 rings (SSSR count). The standard InChI is InChI=1S/C19H19N3O7/c1-4-20-18(25)16-15(14-6-11(19(26)27)21-28-14)17(29-22-16)10-5-9(8(2)3)12(23)7-13(10)24/h5-8,23-24H,4H2,1-3H3,(H,20,25)(H,26,27). The summed E-state index contributed by atoms with van der Waals surface area (Å²) in [5.41, 5.74) is 0.188. The van der Waals surface area contributed by atoms with Crippen LogP contribution in [0, 0.1) is 0 Å². The van der Waals surface area contributed by atoms with Crippen molar-refractivity contribution in [2.24, 2.45) is 0 Å². The molecule has 0 bridgehead atoms. The van der Waals surface area contributed by atoms with Crippen molar-refractivity contribution in [3.05, 3.63) is 35.2 Å². The maximum Gasteiger partial charge on any atom is 0.358 e. The lowest BCUT2D eigenvalue weighted by Gasteiger charge is -2.11. The van der Waals surface area contributed by atoms with Gasteiger partial charge < -0.3 is 29.7 Å². The summed E-state index contributed by atoms with van der Waals surface area (Å²) in [6.07, 6.45) is 0. The topological polar surface area (TPSA) is 159 Å². The Labute approximate surface area is 164 Å². The van der Waals surface area contributed by atoms with Gasteiger partial charge in [-0.1, -0.05) is 24.2 Å². The fraction of sp³-hybridized carbons (Fsp3) is 0.263. The van der Waals surface area contributed by atoms with E-state index in [1.807, 2.05) is 13.8 Å². The highest BCUT2D eigenvalue weighted by Gasteiger charge is 2.30. The van der Waals surface area contributed by atoms with Crippen LogP contribution < -0.4 is 5.32 Å². The van der Waals surface area contributed by atoms with Gasteiger partial charge in [0.2, 0.25) is 0 Å². The van der Waals surface area contributed by atoms with Gasteiger partial charge in [-0.25, -0.2) is 4.79 Å². The Bertz CT molecular complexity index is 1080. The highest BCUT2D eigenvalue weighted by atomic mass is 16.5. The van der Waals surface area contributed by atoms with E-state index < -0.39 is 11.9 Å². The zero-order chi connectivity index (χ0) is 21.3. The van der Waals surface area contributed by atoms with E-state index in [-0.39, 0.29) is 51.5 Å². The minimum absolute atomic E-state index is 0.0289. The summed E-state index contributed by atoms with van der Waals surface area (Å²) >= 11 is 0. The van der Waals surface area contributed by atoms with Gasteiger partial charge in [-0.2, -0.15) is 0 Å². The minimum Gasteiger partial charge on any atom is -0.508 e. The van der Waals surface area contributed by atoms with Crippen molar-refractivity contribution in [2.75, 3.05) is 6.54 Å². The molecule has 0 aliphatic rings. The summed E-state index contributed by atoms with van der Waals surface area (Å²) < 4.78 is 10.4. The Kier molecular flexibility index (Phi) is 5.26. The Morgan fingerprint density at radius 2 is 1.83 bits per heavy atom. The van der Waals surface area contributed by atoms with Crippen LogP contribution in [0.3, 0.4) is 0 Å². The van der Waals surface area contributed by atoms with Gasteiger partial charge in [0.1, 0.15) is 17.1 Å². The highest BCUT2D eigenvalue weighted by molar-refractivity contribution is 6.02. The molecule has 0 fully saturated rings. The van der Waals surface area contributed by atoms with E-state index in [1.165, 1.54) is 6.07 Å². The zero-order valence-corrected chi connectivity index (χ0v) is 15.9. The number of nitrogens with zero attached hydrogens (tertiary/aromatic N) is 2. The van der Waals surface area contributed by atoms with E-state index in [0.29, 0.717) is 12.1 Å². The van der Waals surface area contributed by atoms with E-state index in [2.05, 4.69) is 15.6 Å². The maximum atomic E-state index is 12.4. The Hall–Kier alpha value is -3.82. The van der Waals surface area contributed by atoms with Crippen LogP contribution in [-0.2, 0) is 0 Å². The molecule has 0 aliphatic heterocycles. The van der Waals surface area contributed by atoms with Crippen LogP contribution >= 0.6 is 0 Å². The average Bonchev–Trinajstić information content (AvgIpc) is 3.28. The van der Waals surface area contributed by atoms with Crippen molar-refractivity contribution in [1.82, 2.24) is 15.6 Å². The van der Waals surface area contributed by atoms with Crippen LogP contribution in [0.1, 0.15) is 53.2 Å². The van der Waals surface area contributed by atoms with E-state index in [0.717, 1.165) is 12.1 Å². The predicted octanol–water partition coefficient (Wildman–Crippen LogP) is 2.98. The van der Waals surface area contributed by atoms with E-state index in [4.69, 9.17) is 14.2 Å². The number of carbonyl (C=O) groups is 2. The molecule has 2 heterocycles. The van der Waals surface area contributed by atoms with Crippen molar-refractivity contribution in [3.8, 4) is 34.1 Å². The van der Waals surface area contributed by atoms with Crippen LogP contribution in [0.25, 0.3) is 22.6 Å². The molecule has 3 aromatic rings. The second-order valence-corrected chi connectivity index (χ2v) is 6.56. The molecule has 4 N–H and O–H groups in total. The Morgan fingerprint density at radius 1 is 1.10 bits per heavy atom. The van der Waals surface area contributed by atoms with E-state index in [9.17, 15) is 19.8 Å². The maximum absolute atomic E-state index is 12.4. The number of benzene rings is 1. The first kappa shape index (κ1) is 19.9. The molecule has 1 aromatic carbocycles. The molecule has 29 heavy (non-hydrogen) atoms. The number of nitrogens with one attached hydrogen (secondary N) is 1. The molecule has 0 spiro atoms. The monoisotopic (exact) mass is 401 g/mol. The molecule has 10 nitrogen and oxygen atoms in total. The number of carbonyl (C=O) groups excluding carboxylic acids is 1. The van der Waals surface area contributed by atoms with Crippen molar-refractivity contribution >= 4 is 11.9 Å². The average molecular weight is 401 g/mol. The highest BCUT2D eigenvalue weighted by Crippen LogP contribution is 2.43. The fourth-order valence-electron chi connectivity index (χ4n) is 2.83. The third-order valence-corrected chi connectivity index (χ3v) is 4.23. The van der Waals surface area contributed by atoms with Crippen LogP contribution in [0.5, 0.6) is 11.5 Å². The largest absolute Gasteiger partial charge is 0.508 e. The van der Waals surface area contributed by atoms with Gasteiger partial charge in [0.05, 0.1) is 5.56 Å². The number of aromatic nitrogens is 2. The molecule has 0 radical (unpaired) electrons. The number of hydrogen-bond acceptors (Lipinski definition) is 8. The van der Waals surface area contributed by atoms with Gasteiger partial charge >= 0.3 is 5.97 Å². The minimum atomic E-state index is -1.31. The number of aromatic carboxylic acids is 1. The molecule has 10 heteroatoms. The molecule has 0 saturated carbocycles. The van der Waals surface area contributed by atoms with Crippen molar-refractivity contribution in [2.45, 2.75) is 26.7 Å². The molecular formula is C19H19N3O7. The van der Waals surface area contributed by atoms with Crippen molar-refractivity contribution in [3.63, 3.8) is 0 Å². The Balaban J connectivity index is 2.26.